The molecule has 1 aliphatic carbocycles. The summed E-state index contributed by atoms with van der Waals surface area (Å²) in [7, 11) is 0. The highest BCUT2D eigenvalue weighted by molar-refractivity contribution is 6.00. The van der Waals surface area contributed by atoms with E-state index in [0.717, 1.165) is 28.9 Å². The second kappa shape index (κ2) is 6.09. The van der Waals surface area contributed by atoms with Crippen LogP contribution in [0.25, 0.3) is 11.4 Å². The van der Waals surface area contributed by atoms with Gasteiger partial charge in [0.05, 0.1) is 5.69 Å². The lowest BCUT2D eigenvalue weighted by Crippen LogP contribution is -2.36. The molecule has 0 spiro atoms. The number of carbonyl (C=O) groups is 1. The number of aromatic nitrogens is 5. The van der Waals surface area contributed by atoms with Crippen LogP contribution in [-0.2, 0) is 4.79 Å². The predicted octanol–water partition coefficient (Wildman–Crippen LogP) is 3.39. The largest absolute Gasteiger partial charge is 0.328 e. The maximum Gasteiger partial charge on any atom is 0.226 e. The van der Waals surface area contributed by atoms with E-state index in [9.17, 15) is 4.79 Å². The Kier molecular flexibility index (Phi) is 3.65. The fraction of sp³-hybridized carbons (Fsp3) is 0.286. The molecule has 0 bridgehead atoms. The number of carbonyl (C=O) groups excluding carboxylic acids is 1. The number of fused-ring (bicyclic) bond motifs is 1. The third-order valence-electron chi connectivity index (χ3n) is 5.22. The molecule has 7 heteroatoms. The molecule has 0 fully saturated rings. The van der Waals surface area contributed by atoms with E-state index in [1.807, 2.05) is 30.3 Å². The maximum absolute atomic E-state index is 13.1. The van der Waals surface area contributed by atoms with E-state index in [2.05, 4.69) is 34.1 Å². The van der Waals surface area contributed by atoms with Gasteiger partial charge in [0.1, 0.15) is 6.04 Å². The molecule has 3 aromatic rings. The third-order valence-corrected chi connectivity index (χ3v) is 5.22. The quantitative estimate of drug-likeness (QED) is 0.742. The Bertz CT molecular complexity index is 1080. The summed E-state index contributed by atoms with van der Waals surface area (Å²) < 4.78 is 1.78. The van der Waals surface area contributed by atoms with E-state index in [1.54, 1.807) is 23.3 Å². The van der Waals surface area contributed by atoms with Crippen LogP contribution in [0.5, 0.6) is 0 Å². The second-order valence-corrected chi connectivity index (χ2v) is 8.06. The number of pyridine rings is 2. The van der Waals surface area contributed by atoms with Crippen molar-refractivity contribution in [3.63, 3.8) is 0 Å². The first-order chi connectivity index (χ1) is 13.5. The lowest BCUT2D eigenvalue weighted by Gasteiger charge is -2.37. The zero-order valence-electron chi connectivity index (χ0n) is 15.8. The maximum atomic E-state index is 13.1. The first-order valence-electron chi connectivity index (χ1n) is 9.33. The summed E-state index contributed by atoms with van der Waals surface area (Å²) in [6.07, 6.45) is 6.49. The molecule has 1 atom stereocenters. The van der Waals surface area contributed by atoms with Crippen LogP contribution in [0.3, 0.4) is 0 Å². The van der Waals surface area contributed by atoms with Gasteiger partial charge in [-0.25, -0.2) is 4.68 Å². The highest BCUT2D eigenvalue weighted by Crippen LogP contribution is 2.45. The molecule has 140 valence electrons. The molecule has 5 rings (SSSR count). The number of anilines is 1. The van der Waals surface area contributed by atoms with Crippen molar-refractivity contribution < 1.29 is 4.79 Å². The summed E-state index contributed by atoms with van der Waals surface area (Å²) in [6.45, 7) is 4.24. The van der Waals surface area contributed by atoms with Gasteiger partial charge in [0, 0.05) is 41.8 Å². The molecule has 0 radical (unpaired) electrons. The normalized spacial score (nSPS) is 20.4. The molecule has 0 aromatic carbocycles. The minimum absolute atomic E-state index is 0.0913. The van der Waals surface area contributed by atoms with E-state index in [4.69, 9.17) is 5.10 Å². The van der Waals surface area contributed by atoms with Crippen molar-refractivity contribution in [1.82, 2.24) is 24.7 Å². The van der Waals surface area contributed by atoms with Crippen molar-refractivity contribution in [3.05, 3.63) is 65.9 Å². The Morgan fingerprint density at radius 1 is 1.14 bits per heavy atom. The van der Waals surface area contributed by atoms with E-state index >= 15 is 0 Å². The number of hydrogen-bond acceptors (Lipinski definition) is 6. The van der Waals surface area contributed by atoms with Crippen LogP contribution in [0, 0.1) is 5.41 Å². The van der Waals surface area contributed by atoms with Crippen molar-refractivity contribution in [2.24, 2.45) is 5.41 Å². The van der Waals surface area contributed by atoms with Crippen LogP contribution in [-0.4, -0.2) is 30.5 Å². The highest BCUT2D eigenvalue weighted by Gasteiger charge is 2.42. The smallest absolute Gasteiger partial charge is 0.226 e. The molecule has 1 unspecified atom stereocenters. The van der Waals surface area contributed by atoms with Crippen molar-refractivity contribution >= 4 is 11.7 Å². The highest BCUT2D eigenvalue weighted by atomic mass is 16.1. The van der Waals surface area contributed by atoms with Gasteiger partial charge in [-0.3, -0.25) is 14.8 Å². The number of hydrogen-bond donors (Lipinski definition) is 1. The molecule has 2 aliphatic rings. The van der Waals surface area contributed by atoms with Gasteiger partial charge in [-0.2, -0.15) is 4.98 Å². The molecule has 28 heavy (non-hydrogen) atoms. The van der Waals surface area contributed by atoms with Crippen molar-refractivity contribution in [1.29, 1.82) is 0 Å². The molecule has 0 saturated heterocycles. The van der Waals surface area contributed by atoms with Crippen molar-refractivity contribution in [3.8, 4) is 11.4 Å². The van der Waals surface area contributed by atoms with Gasteiger partial charge in [-0.1, -0.05) is 19.9 Å². The average molecular weight is 372 g/mol. The van der Waals surface area contributed by atoms with Crippen molar-refractivity contribution in [2.75, 3.05) is 5.32 Å². The van der Waals surface area contributed by atoms with Gasteiger partial charge in [0.25, 0.3) is 0 Å². The Labute approximate surface area is 162 Å². The molecule has 0 amide bonds. The fourth-order valence-corrected chi connectivity index (χ4v) is 4.04. The van der Waals surface area contributed by atoms with Gasteiger partial charge in [0.2, 0.25) is 5.95 Å². The number of Topliss-reactive ketones (excluding diaryl/α,β-unsaturated/α-hetero) is 1. The van der Waals surface area contributed by atoms with Gasteiger partial charge in [0.15, 0.2) is 11.6 Å². The van der Waals surface area contributed by atoms with E-state index in [1.165, 1.54) is 0 Å². The number of allylic oxidation sites excluding steroid dienone is 2. The van der Waals surface area contributed by atoms with E-state index in [0.29, 0.717) is 18.2 Å². The molecule has 4 heterocycles. The van der Waals surface area contributed by atoms with Crippen molar-refractivity contribution in [2.45, 2.75) is 32.7 Å². The summed E-state index contributed by atoms with van der Waals surface area (Å²) in [5.74, 6) is 1.33. The van der Waals surface area contributed by atoms with Crippen LogP contribution in [0.2, 0.25) is 0 Å². The number of rotatable bonds is 2. The topological polar surface area (TPSA) is 85.6 Å². The minimum Gasteiger partial charge on any atom is -0.328 e. The van der Waals surface area contributed by atoms with E-state index in [-0.39, 0.29) is 17.2 Å². The molecule has 7 nitrogen and oxygen atoms in total. The van der Waals surface area contributed by atoms with Crippen LogP contribution < -0.4 is 5.32 Å². The molecular weight excluding hydrogens is 352 g/mol. The number of ketones is 1. The van der Waals surface area contributed by atoms with Gasteiger partial charge >= 0.3 is 0 Å². The lowest BCUT2D eigenvalue weighted by atomic mass is 9.73. The molecule has 1 aliphatic heterocycles. The second-order valence-electron chi connectivity index (χ2n) is 8.06. The van der Waals surface area contributed by atoms with Crippen LogP contribution in [0.1, 0.15) is 38.4 Å². The van der Waals surface area contributed by atoms with Crippen LogP contribution >= 0.6 is 0 Å². The fourth-order valence-electron chi connectivity index (χ4n) is 4.04. The van der Waals surface area contributed by atoms with Gasteiger partial charge in [-0.05, 0) is 36.1 Å². The molecular formula is C21H20N6O. The molecule has 3 aromatic heterocycles. The lowest BCUT2D eigenvalue weighted by molar-refractivity contribution is -0.118. The summed E-state index contributed by atoms with van der Waals surface area (Å²) in [5, 5.41) is 8.09. The summed E-state index contributed by atoms with van der Waals surface area (Å²) in [5.41, 5.74) is 3.19. The van der Waals surface area contributed by atoms with Crippen LogP contribution in [0.15, 0.2) is 60.2 Å². The van der Waals surface area contributed by atoms with Gasteiger partial charge in [-0.15, -0.1) is 5.10 Å². The first kappa shape index (κ1) is 16.8. The number of nitrogens with zero attached hydrogens (tertiary/aromatic N) is 5. The zero-order chi connectivity index (χ0) is 19.3. The monoisotopic (exact) mass is 372 g/mol. The third kappa shape index (κ3) is 2.70. The standard InChI is InChI=1S/C21H20N6O/c1-21(2)10-15-17(16(28)11-21)18(14-7-3-4-9-23-14)27-20(24-15)25-19(26-27)13-6-5-8-22-12-13/h3-9,12,18H,10-11H2,1-2H3,(H,24,25,26). The van der Waals surface area contributed by atoms with Crippen LogP contribution in [0.4, 0.5) is 5.95 Å². The minimum atomic E-state index is -0.381. The van der Waals surface area contributed by atoms with E-state index < -0.39 is 0 Å². The summed E-state index contributed by atoms with van der Waals surface area (Å²) >= 11 is 0. The molecule has 0 saturated carbocycles. The predicted molar refractivity (Wildman–Crippen MR) is 104 cm³/mol. The average Bonchev–Trinajstić information content (AvgIpc) is 3.10. The number of nitrogens with one attached hydrogen (secondary N) is 1. The Morgan fingerprint density at radius 3 is 2.79 bits per heavy atom. The Balaban J connectivity index is 1.69. The van der Waals surface area contributed by atoms with Gasteiger partial charge < -0.3 is 5.32 Å². The zero-order valence-corrected chi connectivity index (χ0v) is 15.8. The molecule has 1 N–H and O–H groups in total. The first-order valence-corrected chi connectivity index (χ1v) is 9.33. The Morgan fingerprint density at radius 2 is 2.04 bits per heavy atom. The summed E-state index contributed by atoms with van der Waals surface area (Å²) in [4.78, 5) is 26.5. The Hall–Kier alpha value is -3.35. The summed E-state index contributed by atoms with van der Waals surface area (Å²) in [6, 6.07) is 9.13. The SMILES string of the molecule is CC1(C)CC(=O)C2=C(C1)Nc1nc(-c3cccnc3)nn1C2c1ccccn1.